The number of nitrogens with one attached hydrogen (secondary N) is 1. The zero-order chi connectivity index (χ0) is 17.4. The summed E-state index contributed by atoms with van der Waals surface area (Å²) in [4.78, 5) is 13.5. The number of carbonyl (C=O) groups is 1. The van der Waals surface area contributed by atoms with Crippen LogP contribution in [0.1, 0.15) is 39.3 Å². The quantitative estimate of drug-likeness (QED) is 0.810. The fourth-order valence-electron chi connectivity index (χ4n) is 2.37. The Morgan fingerprint density at radius 1 is 1.35 bits per heavy atom. The summed E-state index contributed by atoms with van der Waals surface area (Å²) in [6, 6.07) is 2.71. The van der Waals surface area contributed by atoms with Crippen molar-refractivity contribution in [1.82, 2.24) is 10.2 Å². The fraction of sp³-hybridized carbons (Fsp3) is 0.562. The summed E-state index contributed by atoms with van der Waals surface area (Å²) in [6.45, 7) is 8.49. The third-order valence-corrected chi connectivity index (χ3v) is 4.14. The molecular formula is C16H21Cl2FN2O2. The first-order chi connectivity index (χ1) is 10.6. The van der Waals surface area contributed by atoms with Gasteiger partial charge in [0.1, 0.15) is 11.4 Å². The lowest BCUT2D eigenvalue weighted by molar-refractivity contribution is 0.00434. The minimum Gasteiger partial charge on any atom is -0.444 e. The molecule has 128 valence electrons. The summed E-state index contributed by atoms with van der Waals surface area (Å²) in [5, 5.41) is 3.75. The van der Waals surface area contributed by atoms with Crippen LogP contribution in [0, 0.1) is 5.82 Å². The number of benzene rings is 1. The number of nitrogens with zero attached hydrogens (tertiary/aromatic N) is 1. The SMILES string of the molecule is CC(NC1CN(C(=O)OC(C)(C)C)C1)c1cc(F)c(Cl)cc1Cl. The van der Waals surface area contributed by atoms with Crippen LogP contribution < -0.4 is 5.32 Å². The maximum atomic E-state index is 13.6. The molecule has 1 N–H and O–H groups in total. The molecule has 1 fully saturated rings. The monoisotopic (exact) mass is 362 g/mol. The van der Waals surface area contributed by atoms with Crippen molar-refractivity contribution >= 4 is 29.3 Å². The van der Waals surface area contributed by atoms with E-state index in [2.05, 4.69) is 5.32 Å². The van der Waals surface area contributed by atoms with Crippen LogP contribution in [-0.4, -0.2) is 35.7 Å². The highest BCUT2D eigenvalue weighted by Crippen LogP contribution is 2.29. The molecule has 1 aliphatic heterocycles. The minimum atomic E-state index is -0.503. The molecule has 1 atom stereocenters. The lowest BCUT2D eigenvalue weighted by Gasteiger charge is -2.41. The largest absolute Gasteiger partial charge is 0.444 e. The van der Waals surface area contributed by atoms with Gasteiger partial charge in [-0.1, -0.05) is 23.2 Å². The number of ether oxygens (including phenoxy) is 1. The highest BCUT2D eigenvalue weighted by Gasteiger charge is 2.34. The molecule has 0 saturated carbocycles. The van der Waals surface area contributed by atoms with Crippen molar-refractivity contribution in [2.24, 2.45) is 0 Å². The molecule has 23 heavy (non-hydrogen) atoms. The molecule has 1 aliphatic rings. The molecule has 1 amide bonds. The van der Waals surface area contributed by atoms with Crippen molar-refractivity contribution in [3.8, 4) is 0 Å². The second kappa shape index (κ2) is 6.83. The van der Waals surface area contributed by atoms with Gasteiger partial charge in [0.2, 0.25) is 0 Å². The highest BCUT2D eigenvalue weighted by molar-refractivity contribution is 6.35. The van der Waals surface area contributed by atoms with Gasteiger partial charge in [-0.3, -0.25) is 0 Å². The first-order valence-electron chi connectivity index (χ1n) is 7.45. The maximum absolute atomic E-state index is 13.6. The first kappa shape index (κ1) is 18.3. The van der Waals surface area contributed by atoms with Crippen LogP contribution in [0.2, 0.25) is 10.0 Å². The van der Waals surface area contributed by atoms with Crippen molar-refractivity contribution in [3.05, 3.63) is 33.6 Å². The summed E-state index contributed by atoms with van der Waals surface area (Å²) < 4.78 is 18.9. The normalized spacial score (nSPS) is 16.9. The third-order valence-electron chi connectivity index (χ3n) is 3.53. The summed E-state index contributed by atoms with van der Waals surface area (Å²) in [5.41, 5.74) is 0.140. The lowest BCUT2D eigenvalue weighted by Crippen LogP contribution is -2.60. The topological polar surface area (TPSA) is 41.6 Å². The molecule has 1 aromatic carbocycles. The first-order valence-corrected chi connectivity index (χ1v) is 8.21. The molecule has 1 saturated heterocycles. The van der Waals surface area contributed by atoms with E-state index in [9.17, 15) is 9.18 Å². The minimum absolute atomic E-state index is 0.00527. The lowest BCUT2D eigenvalue weighted by atomic mass is 10.0. The number of carbonyl (C=O) groups excluding carboxylic acids is 1. The highest BCUT2D eigenvalue weighted by atomic mass is 35.5. The van der Waals surface area contributed by atoms with Crippen molar-refractivity contribution in [2.45, 2.75) is 45.4 Å². The summed E-state index contributed by atoms with van der Waals surface area (Å²) in [5.74, 6) is -0.497. The van der Waals surface area contributed by atoms with E-state index in [0.717, 1.165) is 0 Å². The number of hydrogen-bond acceptors (Lipinski definition) is 3. The van der Waals surface area contributed by atoms with E-state index in [-0.39, 0.29) is 23.2 Å². The Bertz CT molecular complexity index is 598. The van der Waals surface area contributed by atoms with E-state index in [1.165, 1.54) is 12.1 Å². The Morgan fingerprint density at radius 2 is 1.96 bits per heavy atom. The summed E-state index contributed by atoms with van der Waals surface area (Å²) in [7, 11) is 0. The van der Waals surface area contributed by atoms with Gasteiger partial charge in [0.05, 0.1) is 5.02 Å². The van der Waals surface area contributed by atoms with Crippen molar-refractivity contribution < 1.29 is 13.9 Å². The Hall–Kier alpha value is -1.04. The average molecular weight is 363 g/mol. The zero-order valence-corrected chi connectivity index (χ0v) is 15.1. The van der Waals surface area contributed by atoms with Gasteiger partial charge in [0, 0.05) is 30.2 Å². The van der Waals surface area contributed by atoms with Gasteiger partial charge in [-0.15, -0.1) is 0 Å². The summed E-state index contributed by atoms with van der Waals surface area (Å²) in [6.07, 6.45) is -0.321. The molecule has 0 aromatic heterocycles. The number of amides is 1. The van der Waals surface area contributed by atoms with Crippen LogP contribution in [0.5, 0.6) is 0 Å². The Labute approximate surface area is 145 Å². The number of hydrogen-bond donors (Lipinski definition) is 1. The molecule has 1 unspecified atom stereocenters. The Kier molecular flexibility index (Phi) is 5.44. The van der Waals surface area contributed by atoms with Gasteiger partial charge in [0.25, 0.3) is 0 Å². The predicted molar refractivity (Wildman–Crippen MR) is 89.6 cm³/mol. The molecule has 1 aromatic rings. The standard InChI is InChI=1S/C16H21Cl2FN2O2/c1-9(11-5-14(19)13(18)6-12(11)17)20-10-7-21(8-10)15(22)23-16(2,3)4/h5-6,9-10,20H,7-8H2,1-4H3. The molecule has 7 heteroatoms. The Morgan fingerprint density at radius 3 is 2.52 bits per heavy atom. The van der Waals surface area contributed by atoms with E-state index in [4.69, 9.17) is 27.9 Å². The van der Waals surface area contributed by atoms with Crippen LogP contribution in [0.15, 0.2) is 12.1 Å². The Balaban J connectivity index is 1.88. The van der Waals surface area contributed by atoms with Crippen molar-refractivity contribution in [1.29, 1.82) is 0 Å². The number of rotatable bonds is 3. The van der Waals surface area contributed by atoms with E-state index in [0.29, 0.717) is 23.7 Å². The molecule has 2 rings (SSSR count). The molecular weight excluding hydrogens is 342 g/mol. The molecule has 0 radical (unpaired) electrons. The zero-order valence-electron chi connectivity index (χ0n) is 13.6. The third kappa shape index (κ3) is 4.72. The molecule has 0 aliphatic carbocycles. The van der Waals surface area contributed by atoms with Crippen molar-refractivity contribution in [2.75, 3.05) is 13.1 Å². The van der Waals surface area contributed by atoms with Gasteiger partial charge in [-0.25, -0.2) is 9.18 Å². The molecule has 4 nitrogen and oxygen atoms in total. The number of halogens is 3. The number of likely N-dealkylation sites (tertiary alicyclic amines) is 1. The van der Waals surface area contributed by atoms with Crippen molar-refractivity contribution in [3.63, 3.8) is 0 Å². The van der Waals surface area contributed by atoms with E-state index in [1.54, 1.807) is 4.90 Å². The van der Waals surface area contributed by atoms with Gasteiger partial charge in [0.15, 0.2) is 0 Å². The van der Waals surface area contributed by atoms with Gasteiger partial charge in [-0.2, -0.15) is 0 Å². The fourth-order valence-corrected chi connectivity index (χ4v) is 2.92. The van der Waals surface area contributed by atoms with Crippen LogP contribution in [0.4, 0.5) is 9.18 Å². The summed E-state index contributed by atoms with van der Waals surface area (Å²) >= 11 is 11.8. The van der Waals surface area contributed by atoms with Gasteiger partial charge in [-0.05, 0) is 45.4 Å². The van der Waals surface area contributed by atoms with E-state index < -0.39 is 11.4 Å². The average Bonchev–Trinajstić information content (AvgIpc) is 2.35. The van der Waals surface area contributed by atoms with Gasteiger partial charge < -0.3 is 15.0 Å². The predicted octanol–water partition coefficient (Wildman–Crippen LogP) is 4.40. The second-order valence-electron chi connectivity index (χ2n) is 6.76. The van der Waals surface area contributed by atoms with Crippen LogP contribution in [-0.2, 0) is 4.74 Å². The van der Waals surface area contributed by atoms with E-state index >= 15 is 0 Å². The van der Waals surface area contributed by atoms with Crippen LogP contribution >= 0.6 is 23.2 Å². The molecule has 1 heterocycles. The maximum Gasteiger partial charge on any atom is 0.410 e. The van der Waals surface area contributed by atoms with Crippen LogP contribution in [0.3, 0.4) is 0 Å². The van der Waals surface area contributed by atoms with Gasteiger partial charge >= 0.3 is 6.09 Å². The van der Waals surface area contributed by atoms with Crippen LogP contribution in [0.25, 0.3) is 0 Å². The van der Waals surface area contributed by atoms with E-state index in [1.807, 2.05) is 27.7 Å². The smallest absolute Gasteiger partial charge is 0.410 e. The second-order valence-corrected chi connectivity index (χ2v) is 7.57. The molecule has 0 spiro atoms. The molecule has 0 bridgehead atoms.